The zero-order valence-electron chi connectivity index (χ0n) is 6.74. The fourth-order valence-electron chi connectivity index (χ4n) is 0.864. The Morgan fingerprint density at radius 3 is 3.00 bits per heavy atom. The number of nitrogens with one attached hydrogen (secondary N) is 1. The highest BCUT2D eigenvalue weighted by Crippen LogP contribution is 1.96. The van der Waals surface area contributed by atoms with Gasteiger partial charge in [-0.15, -0.1) is 0 Å². The highest BCUT2D eigenvalue weighted by atomic mass is 16.4. The molecule has 12 heavy (non-hydrogen) atoms. The van der Waals surface area contributed by atoms with Crippen molar-refractivity contribution in [2.24, 2.45) is 0 Å². The molecule has 4 nitrogen and oxygen atoms in total. The molecule has 4 heteroatoms. The van der Waals surface area contributed by atoms with Crippen LogP contribution in [0.1, 0.15) is 11.4 Å². The van der Waals surface area contributed by atoms with Gasteiger partial charge >= 0.3 is 6.09 Å². The molecule has 2 N–H and O–H groups in total. The number of aromatic nitrogens is 1. The highest BCUT2D eigenvalue weighted by Gasteiger charge is 1.96. The third kappa shape index (κ3) is 2.57. The van der Waals surface area contributed by atoms with Crippen molar-refractivity contribution in [3.8, 4) is 0 Å². The molecule has 0 bridgehead atoms. The molecule has 0 saturated heterocycles. The first-order chi connectivity index (χ1) is 5.68. The Morgan fingerprint density at radius 2 is 2.42 bits per heavy atom. The third-order valence-corrected chi connectivity index (χ3v) is 1.37. The molecule has 1 aromatic rings. The smallest absolute Gasteiger partial charge is 0.404 e. The van der Waals surface area contributed by atoms with Crippen LogP contribution >= 0.6 is 0 Å². The van der Waals surface area contributed by atoms with Gasteiger partial charge in [0, 0.05) is 5.69 Å². The molecule has 1 heterocycles. The Labute approximate surface area is 70.3 Å². The predicted molar refractivity (Wildman–Crippen MR) is 43.8 cm³/mol. The van der Waals surface area contributed by atoms with Crippen LogP contribution in [0.25, 0.3) is 0 Å². The molecule has 0 atom stereocenters. The van der Waals surface area contributed by atoms with Gasteiger partial charge in [0.05, 0.1) is 12.2 Å². The number of carbonyl (C=O) groups is 1. The summed E-state index contributed by atoms with van der Waals surface area (Å²) in [6.07, 6.45) is -1.03. The van der Waals surface area contributed by atoms with Gasteiger partial charge in [-0.1, -0.05) is 6.07 Å². The maximum absolute atomic E-state index is 10.1. The second kappa shape index (κ2) is 3.71. The van der Waals surface area contributed by atoms with E-state index in [-0.39, 0.29) is 6.54 Å². The van der Waals surface area contributed by atoms with Crippen LogP contribution < -0.4 is 5.32 Å². The summed E-state index contributed by atoms with van der Waals surface area (Å²) in [7, 11) is 0. The normalized spacial score (nSPS) is 9.42. The average molecular weight is 166 g/mol. The molecule has 0 fully saturated rings. The second-order valence-corrected chi connectivity index (χ2v) is 2.43. The van der Waals surface area contributed by atoms with Crippen LogP contribution in [0, 0.1) is 6.92 Å². The summed E-state index contributed by atoms with van der Waals surface area (Å²) in [5.41, 5.74) is 1.62. The molecule has 0 saturated carbocycles. The third-order valence-electron chi connectivity index (χ3n) is 1.37. The average Bonchev–Trinajstić information content (AvgIpc) is 2.01. The number of hydrogen-bond donors (Lipinski definition) is 2. The van der Waals surface area contributed by atoms with Crippen molar-refractivity contribution in [1.29, 1.82) is 0 Å². The van der Waals surface area contributed by atoms with Crippen molar-refractivity contribution < 1.29 is 9.90 Å². The maximum atomic E-state index is 10.1. The minimum atomic E-state index is -1.03. The molecule has 1 aromatic heterocycles. The zero-order valence-corrected chi connectivity index (χ0v) is 6.74. The van der Waals surface area contributed by atoms with E-state index in [2.05, 4.69) is 10.3 Å². The van der Waals surface area contributed by atoms with Gasteiger partial charge in [-0.05, 0) is 19.1 Å². The van der Waals surface area contributed by atoms with Crippen LogP contribution in [-0.4, -0.2) is 16.2 Å². The minimum absolute atomic E-state index is 0.261. The van der Waals surface area contributed by atoms with E-state index in [1.54, 1.807) is 6.07 Å². The number of amides is 1. The van der Waals surface area contributed by atoms with Crippen LogP contribution in [0.2, 0.25) is 0 Å². The quantitative estimate of drug-likeness (QED) is 0.692. The lowest BCUT2D eigenvalue weighted by Gasteiger charge is -2.00. The summed E-state index contributed by atoms with van der Waals surface area (Å²) in [6.45, 7) is 2.13. The van der Waals surface area contributed by atoms with Crippen LogP contribution in [0.4, 0.5) is 4.79 Å². The second-order valence-electron chi connectivity index (χ2n) is 2.43. The molecule has 64 valence electrons. The number of nitrogens with zero attached hydrogens (tertiary/aromatic N) is 1. The van der Waals surface area contributed by atoms with E-state index in [4.69, 9.17) is 5.11 Å². The van der Waals surface area contributed by atoms with Crippen LogP contribution in [0.5, 0.6) is 0 Å². The molecular formula is C8H10N2O2. The first-order valence-corrected chi connectivity index (χ1v) is 3.58. The van der Waals surface area contributed by atoms with Crippen molar-refractivity contribution >= 4 is 6.09 Å². The van der Waals surface area contributed by atoms with Gasteiger partial charge in [-0.25, -0.2) is 4.79 Å². The van der Waals surface area contributed by atoms with Crippen molar-refractivity contribution in [2.45, 2.75) is 13.5 Å². The fourth-order valence-corrected chi connectivity index (χ4v) is 0.864. The van der Waals surface area contributed by atoms with Crippen LogP contribution in [0.15, 0.2) is 18.2 Å². The lowest BCUT2D eigenvalue weighted by molar-refractivity contribution is 0.194. The van der Waals surface area contributed by atoms with Crippen molar-refractivity contribution in [3.63, 3.8) is 0 Å². The van der Waals surface area contributed by atoms with Gasteiger partial charge in [0.1, 0.15) is 0 Å². The molecule has 0 radical (unpaired) electrons. The number of hydrogen-bond acceptors (Lipinski definition) is 2. The number of pyridine rings is 1. The highest BCUT2D eigenvalue weighted by molar-refractivity contribution is 5.64. The molecule has 0 aliphatic carbocycles. The molecule has 0 unspecified atom stereocenters. The van der Waals surface area contributed by atoms with Crippen molar-refractivity contribution in [3.05, 3.63) is 29.6 Å². The molecule has 1 amide bonds. The Morgan fingerprint density at radius 1 is 1.67 bits per heavy atom. The Kier molecular flexibility index (Phi) is 2.63. The summed E-state index contributed by atoms with van der Waals surface area (Å²) in [5, 5.41) is 10.5. The molecule has 0 aliphatic heterocycles. The first-order valence-electron chi connectivity index (χ1n) is 3.58. The first kappa shape index (κ1) is 8.52. The SMILES string of the molecule is Cc1cccc(CNC(=O)O)n1. The standard InChI is InChI=1S/C8H10N2O2/c1-6-3-2-4-7(10-6)5-9-8(11)12/h2-4,9H,5H2,1H3,(H,11,12). The molecule has 0 spiro atoms. The van der Waals surface area contributed by atoms with E-state index in [0.29, 0.717) is 0 Å². The van der Waals surface area contributed by atoms with E-state index < -0.39 is 6.09 Å². The predicted octanol–water partition coefficient (Wildman–Crippen LogP) is 1.16. The van der Waals surface area contributed by atoms with E-state index in [0.717, 1.165) is 11.4 Å². The number of aryl methyl sites for hydroxylation is 1. The summed E-state index contributed by atoms with van der Waals surface area (Å²) in [4.78, 5) is 14.2. The van der Waals surface area contributed by atoms with Gasteiger partial charge in [0.15, 0.2) is 0 Å². The summed E-state index contributed by atoms with van der Waals surface area (Å²) >= 11 is 0. The Hall–Kier alpha value is -1.58. The Balaban J connectivity index is 2.57. The lowest BCUT2D eigenvalue weighted by atomic mass is 10.3. The largest absolute Gasteiger partial charge is 0.465 e. The molecule has 1 rings (SSSR count). The Bertz CT molecular complexity index is 286. The maximum Gasteiger partial charge on any atom is 0.404 e. The summed E-state index contributed by atoms with van der Waals surface area (Å²) in [5.74, 6) is 0. The van der Waals surface area contributed by atoms with Gasteiger partial charge in [0.25, 0.3) is 0 Å². The van der Waals surface area contributed by atoms with Gasteiger partial charge < -0.3 is 10.4 Å². The zero-order chi connectivity index (χ0) is 8.97. The van der Waals surface area contributed by atoms with Crippen molar-refractivity contribution in [1.82, 2.24) is 10.3 Å². The lowest BCUT2D eigenvalue weighted by Crippen LogP contribution is -2.20. The number of carboxylic acid groups (broad SMARTS) is 1. The summed E-state index contributed by atoms with van der Waals surface area (Å²) in [6, 6.07) is 5.49. The molecular weight excluding hydrogens is 156 g/mol. The van der Waals surface area contributed by atoms with E-state index in [9.17, 15) is 4.79 Å². The van der Waals surface area contributed by atoms with Crippen LogP contribution in [0.3, 0.4) is 0 Å². The topological polar surface area (TPSA) is 62.2 Å². The number of rotatable bonds is 2. The van der Waals surface area contributed by atoms with Gasteiger partial charge in [-0.3, -0.25) is 4.98 Å². The van der Waals surface area contributed by atoms with Crippen LogP contribution in [-0.2, 0) is 6.54 Å². The van der Waals surface area contributed by atoms with E-state index in [1.165, 1.54) is 0 Å². The minimum Gasteiger partial charge on any atom is -0.465 e. The molecule has 0 aromatic carbocycles. The monoisotopic (exact) mass is 166 g/mol. The fraction of sp³-hybridized carbons (Fsp3) is 0.250. The van der Waals surface area contributed by atoms with E-state index >= 15 is 0 Å². The van der Waals surface area contributed by atoms with E-state index in [1.807, 2.05) is 19.1 Å². The van der Waals surface area contributed by atoms with Crippen molar-refractivity contribution in [2.75, 3.05) is 0 Å². The van der Waals surface area contributed by atoms with Gasteiger partial charge in [0.2, 0.25) is 0 Å². The van der Waals surface area contributed by atoms with Gasteiger partial charge in [-0.2, -0.15) is 0 Å². The molecule has 0 aliphatic rings. The summed E-state index contributed by atoms with van der Waals surface area (Å²) < 4.78 is 0.